The molecule has 0 saturated carbocycles. The topological polar surface area (TPSA) is 59.1 Å². The molecule has 6 heteroatoms. The van der Waals surface area contributed by atoms with Gasteiger partial charge in [0.1, 0.15) is 6.67 Å². The van der Waals surface area contributed by atoms with Crippen molar-refractivity contribution in [3.63, 3.8) is 0 Å². The van der Waals surface area contributed by atoms with Crippen LogP contribution in [0.5, 0.6) is 0 Å². The van der Waals surface area contributed by atoms with Gasteiger partial charge in [-0.25, -0.2) is 9.59 Å². The number of hydrogen-bond acceptors (Lipinski definition) is 4. The van der Waals surface area contributed by atoms with E-state index in [9.17, 15) is 9.59 Å². The molecule has 1 aliphatic heterocycles. The van der Waals surface area contributed by atoms with Crippen molar-refractivity contribution in [2.24, 2.45) is 0 Å². The zero-order valence-electron chi connectivity index (χ0n) is 9.77. The van der Waals surface area contributed by atoms with Gasteiger partial charge in [-0.3, -0.25) is 9.80 Å². The summed E-state index contributed by atoms with van der Waals surface area (Å²) in [6, 6.07) is 0. The molecule has 1 rings (SSSR count). The quantitative estimate of drug-likeness (QED) is 0.716. The predicted molar refractivity (Wildman–Crippen MR) is 56.9 cm³/mol. The van der Waals surface area contributed by atoms with Crippen LogP contribution in [0.4, 0.5) is 9.59 Å². The first-order chi connectivity index (χ1) is 7.69. The fraction of sp³-hybridized carbons (Fsp3) is 0.800. The van der Waals surface area contributed by atoms with E-state index in [1.54, 1.807) is 13.8 Å². The van der Waals surface area contributed by atoms with E-state index in [4.69, 9.17) is 9.47 Å². The number of rotatable bonds is 2. The average Bonchev–Trinajstić information content (AvgIpc) is 2.30. The zero-order chi connectivity index (χ0) is 12.0. The van der Waals surface area contributed by atoms with Crippen molar-refractivity contribution in [3.8, 4) is 0 Å². The molecule has 0 aliphatic carbocycles. The Bertz CT molecular complexity index is 233. The minimum atomic E-state index is -0.378. The Morgan fingerprint density at radius 2 is 1.44 bits per heavy atom. The molecular formula is C10H18N2O4. The smallest absolute Gasteiger partial charge is 0.411 e. The molecule has 0 aromatic rings. The van der Waals surface area contributed by atoms with Gasteiger partial charge in [-0.15, -0.1) is 0 Å². The van der Waals surface area contributed by atoms with E-state index in [2.05, 4.69) is 0 Å². The van der Waals surface area contributed by atoms with E-state index in [0.717, 1.165) is 6.42 Å². The third kappa shape index (κ3) is 3.29. The van der Waals surface area contributed by atoms with E-state index in [0.29, 0.717) is 26.3 Å². The second-order valence-corrected chi connectivity index (χ2v) is 3.42. The fourth-order valence-corrected chi connectivity index (χ4v) is 1.53. The minimum absolute atomic E-state index is 0.248. The van der Waals surface area contributed by atoms with Crippen molar-refractivity contribution in [2.45, 2.75) is 20.3 Å². The van der Waals surface area contributed by atoms with Crippen LogP contribution in [0.15, 0.2) is 0 Å². The third-order valence-electron chi connectivity index (χ3n) is 2.25. The molecular weight excluding hydrogens is 212 g/mol. The van der Waals surface area contributed by atoms with Gasteiger partial charge in [0, 0.05) is 13.1 Å². The third-order valence-corrected chi connectivity index (χ3v) is 2.25. The number of hydrogen-bond donors (Lipinski definition) is 0. The standard InChI is InChI=1S/C10H18N2O4/c1-3-15-9(13)11-6-5-7-12(8-11)10(14)16-4-2/h3-8H2,1-2H3. The van der Waals surface area contributed by atoms with Crippen molar-refractivity contribution in [1.82, 2.24) is 9.80 Å². The summed E-state index contributed by atoms with van der Waals surface area (Å²) in [5.41, 5.74) is 0. The molecule has 1 heterocycles. The van der Waals surface area contributed by atoms with E-state index < -0.39 is 0 Å². The summed E-state index contributed by atoms with van der Waals surface area (Å²) < 4.78 is 9.76. The highest BCUT2D eigenvalue weighted by Crippen LogP contribution is 2.08. The number of ether oxygens (including phenoxy) is 2. The van der Waals surface area contributed by atoms with E-state index >= 15 is 0 Å². The van der Waals surface area contributed by atoms with Crippen LogP contribution in [-0.4, -0.2) is 55.0 Å². The van der Waals surface area contributed by atoms with Gasteiger partial charge >= 0.3 is 12.2 Å². The van der Waals surface area contributed by atoms with Crippen LogP contribution in [0.2, 0.25) is 0 Å². The molecule has 16 heavy (non-hydrogen) atoms. The summed E-state index contributed by atoms with van der Waals surface area (Å²) in [5, 5.41) is 0. The van der Waals surface area contributed by atoms with Crippen molar-refractivity contribution >= 4 is 12.2 Å². The Labute approximate surface area is 95.1 Å². The maximum absolute atomic E-state index is 11.4. The van der Waals surface area contributed by atoms with Crippen LogP contribution in [0.25, 0.3) is 0 Å². The van der Waals surface area contributed by atoms with Crippen LogP contribution in [-0.2, 0) is 9.47 Å². The molecule has 6 nitrogen and oxygen atoms in total. The number of amides is 2. The Morgan fingerprint density at radius 1 is 1.00 bits per heavy atom. The molecule has 0 N–H and O–H groups in total. The van der Waals surface area contributed by atoms with Gasteiger partial charge in [0.05, 0.1) is 13.2 Å². The Kier molecular flexibility index (Phi) is 4.88. The fourth-order valence-electron chi connectivity index (χ4n) is 1.53. The van der Waals surface area contributed by atoms with Gasteiger partial charge in [0.25, 0.3) is 0 Å². The maximum Gasteiger partial charge on any atom is 0.411 e. The van der Waals surface area contributed by atoms with Crippen molar-refractivity contribution < 1.29 is 19.1 Å². The lowest BCUT2D eigenvalue weighted by molar-refractivity contribution is 0.0442. The lowest BCUT2D eigenvalue weighted by Crippen LogP contribution is -2.50. The highest BCUT2D eigenvalue weighted by molar-refractivity contribution is 5.71. The Morgan fingerprint density at radius 3 is 1.81 bits per heavy atom. The number of carbonyl (C=O) groups is 2. The molecule has 0 atom stereocenters. The maximum atomic E-state index is 11.4. The van der Waals surface area contributed by atoms with Crippen molar-refractivity contribution in [1.29, 1.82) is 0 Å². The molecule has 0 spiro atoms. The molecule has 0 radical (unpaired) electrons. The van der Waals surface area contributed by atoms with Crippen LogP contribution in [0.1, 0.15) is 20.3 Å². The van der Waals surface area contributed by atoms with E-state index in [1.807, 2.05) is 0 Å². The van der Waals surface area contributed by atoms with Crippen molar-refractivity contribution in [2.75, 3.05) is 33.0 Å². The first-order valence-electron chi connectivity index (χ1n) is 5.52. The molecule has 0 aromatic carbocycles. The lowest BCUT2D eigenvalue weighted by Gasteiger charge is -2.33. The van der Waals surface area contributed by atoms with Gasteiger partial charge in [-0.2, -0.15) is 0 Å². The summed E-state index contributed by atoms with van der Waals surface area (Å²) >= 11 is 0. The van der Waals surface area contributed by atoms with Gasteiger partial charge < -0.3 is 9.47 Å². The molecule has 92 valence electrons. The van der Waals surface area contributed by atoms with Crippen LogP contribution < -0.4 is 0 Å². The summed E-state index contributed by atoms with van der Waals surface area (Å²) in [4.78, 5) is 25.9. The Balaban J connectivity index is 2.46. The molecule has 1 saturated heterocycles. The van der Waals surface area contributed by atoms with E-state index in [-0.39, 0.29) is 18.9 Å². The molecule has 1 aliphatic rings. The van der Waals surface area contributed by atoms with Crippen LogP contribution in [0, 0.1) is 0 Å². The summed E-state index contributed by atoms with van der Waals surface area (Å²) in [6.07, 6.45) is -0.00884. The first kappa shape index (κ1) is 12.6. The predicted octanol–water partition coefficient (Wildman–Crippen LogP) is 1.26. The largest absolute Gasteiger partial charge is 0.450 e. The highest BCUT2D eigenvalue weighted by Gasteiger charge is 2.26. The number of nitrogens with zero attached hydrogens (tertiary/aromatic N) is 2. The molecule has 0 unspecified atom stereocenters. The second kappa shape index (κ2) is 6.19. The zero-order valence-corrected chi connectivity index (χ0v) is 9.77. The first-order valence-corrected chi connectivity index (χ1v) is 5.52. The summed E-state index contributed by atoms with van der Waals surface area (Å²) in [7, 11) is 0. The van der Waals surface area contributed by atoms with Gasteiger partial charge in [-0.1, -0.05) is 0 Å². The monoisotopic (exact) mass is 230 g/mol. The van der Waals surface area contributed by atoms with Gasteiger partial charge in [0.2, 0.25) is 0 Å². The Hall–Kier alpha value is -1.46. The second-order valence-electron chi connectivity index (χ2n) is 3.42. The van der Waals surface area contributed by atoms with Crippen molar-refractivity contribution in [3.05, 3.63) is 0 Å². The molecule has 0 aromatic heterocycles. The minimum Gasteiger partial charge on any atom is -0.450 e. The van der Waals surface area contributed by atoms with Gasteiger partial charge in [-0.05, 0) is 20.3 Å². The van der Waals surface area contributed by atoms with E-state index in [1.165, 1.54) is 9.80 Å². The molecule has 2 amide bonds. The summed E-state index contributed by atoms with van der Waals surface area (Å²) in [5.74, 6) is 0. The average molecular weight is 230 g/mol. The molecule has 0 bridgehead atoms. The molecule has 1 fully saturated rings. The van der Waals surface area contributed by atoms with Gasteiger partial charge in [0.15, 0.2) is 0 Å². The SMILES string of the molecule is CCOC(=O)N1CCCN(C(=O)OCC)C1. The number of carbonyl (C=O) groups excluding carboxylic acids is 2. The highest BCUT2D eigenvalue weighted by atomic mass is 16.6. The van der Waals surface area contributed by atoms with Crippen LogP contribution in [0.3, 0.4) is 0 Å². The van der Waals surface area contributed by atoms with Crippen LogP contribution >= 0.6 is 0 Å². The lowest BCUT2D eigenvalue weighted by atomic mass is 10.3. The normalized spacial score (nSPS) is 15.9. The summed E-state index contributed by atoms with van der Waals surface area (Å²) in [6.45, 7) is 5.68.